The fourth-order valence-electron chi connectivity index (χ4n) is 3.59. The molecule has 4 N–H and O–H groups in total. The zero-order valence-corrected chi connectivity index (χ0v) is 15.3. The lowest BCUT2D eigenvalue weighted by Gasteiger charge is -2.40. The molecule has 26 heavy (non-hydrogen) atoms. The normalized spacial score (nSPS) is 32.4. The number of esters is 1. The number of carbonyl (C=O) groups is 2. The van der Waals surface area contributed by atoms with Crippen LogP contribution in [0.2, 0.25) is 0 Å². The van der Waals surface area contributed by atoms with Gasteiger partial charge in [-0.1, -0.05) is 32.6 Å². The third kappa shape index (κ3) is 5.90. The second-order valence-corrected chi connectivity index (χ2v) is 7.26. The van der Waals surface area contributed by atoms with Crippen LogP contribution in [-0.4, -0.2) is 64.4 Å². The molecule has 1 aliphatic carbocycles. The van der Waals surface area contributed by atoms with Crippen molar-refractivity contribution in [2.75, 3.05) is 6.61 Å². The molecular formula is C18H31NO7. The third-order valence-corrected chi connectivity index (χ3v) is 5.16. The van der Waals surface area contributed by atoms with Crippen molar-refractivity contribution in [3.05, 3.63) is 0 Å². The summed E-state index contributed by atoms with van der Waals surface area (Å²) in [5.41, 5.74) is 0. The Morgan fingerprint density at radius 3 is 2.46 bits per heavy atom. The van der Waals surface area contributed by atoms with Crippen molar-refractivity contribution < 1.29 is 34.4 Å². The molecule has 2 fully saturated rings. The minimum Gasteiger partial charge on any atom is -0.463 e. The predicted octanol–water partition coefficient (Wildman–Crippen LogP) is 0.224. The van der Waals surface area contributed by atoms with E-state index < -0.39 is 30.6 Å². The van der Waals surface area contributed by atoms with Crippen molar-refractivity contribution in [3.63, 3.8) is 0 Å². The van der Waals surface area contributed by atoms with E-state index in [1.807, 2.05) is 6.92 Å². The number of hydrogen-bond donors (Lipinski definition) is 4. The molecular weight excluding hydrogens is 342 g/mol. The van der Waals surface area contributed by atoms with Gasteiger partial charge in [-0.15, -0.1) is 0 Å². The Hall–Kier alpha value is -1.22. The van der Waals surface area contributed by atoms with Crippen LogP contribution in [0.5, 0.6) is 0 Å². The first kappa shape index (κ1) is 21.1. The summed E-state index contributed by atoms with van der Waals surface area (Å²) in [6, 6.07) is -1.13. The first-order chi connectivity index (χ1) is 12.4. The second kappa shape index (κ2) is 10.2. The summed E-state index contributed by atoms with van der Waals surface area (Å²) in [6.07, 6.45) is 1.38. The third-order valence-electron chi connectivity index (χ3n) is 5.16. The Labute approximate surface area is 153 Å². The smallest absolute Gasteiger partial charge is 0.305 e. The van der Waals surface area contributed by atoms with Crippen molar-refractivity contribution >= 4 is 11.9 Å². The molecule has 1 heterocycles. The maximum Gasteiger partial charge on any atom is 0.305 e. The van der Waals surface area contributed by atoms with Crippen molar-refractivity contribution in [1.82, 2.24) is 5.32 Å². The minimum atomic E-state index is -1.49. The van der Waals surface area contributed by atoms with Crippen molar-refractivity contribution in [3.8, 4) is 0 Å². The van der Waals surface area contributed by atoms with Gasteiger partial charge in [0, 0.05) is 12.8 Å². The summed E-state index contributed by atoms with van der Waals surface area (Å²) in [5.74, 6) is -0.145. The van der Waals surface area contributed by atoms with E-state index in [1.165, 1.54) is 12.8 Å². The van der Waals surface area contributed by atoms with E-state index in [2.05, 4.69) is 5.32 Å². The number of nitrogens with one attached hydrogen (secondary N) is 1. The predicted molar refractivity (Wildman–Crippen MR) is 91.9 cm³/mol. The van der Waals surface area contributed by atoms with E-state index in [1.54, 1.807) is 0 Å². The van der Waals surface area contributed by atoms with Crippen LogP contribution in [-0.2, 0) is 19.1 Å². The van der Waals surface area contributed by atoms with Gasteiger partial charge in [0.2, 0.25) is 5.91 Å². The molecule has 0 aromatic heterocycles. The first-order valence-electron chi connectivity index (χ1n) is 9.57. The molecule has 0 aromatic carbocycles. The highest BCUT2D eigenvalue weighted by atomic mass is 16.6. The molecule has 1 saturated heterocycles. The van der Waals surface area contributed by atoms with Gasteiger partial charge in [0.1, 0.15) is 31.0 Å². The molecule has 2 rings (SSSR count). The summed E-state index contributed by atoms with van der Waals surface area (Å²) in [5, 5.41) is 32.8. The monoisotopic (exact) mass is 373 g/mol. The van der Waals surface area contributed by atoms with Gasteiger partial charge in [0.25, 0.3) is 0 Å². The van der Waals surface area contributed by atoms with Crippen LogP contribution in [0, 0.1) is 5.92 Å². The van der Waals surface area contributed by atoms with Crippen LogP contribution in [0.1, 0.15) is 58.3 Å². The van der Waals surface area contributed by atoms with Crippen LogP contribution < -0.4 is 5.32 Å². The Morgan fingerprint density at radius 1 is 1.12 bits per heavy atom. The summed E-state index contributed by atoms with van der Waals surface area (Å²) in [4.78, 5) is 23.5. The largest absolute Gasteiger partial charge is 0.463 e. The number of hydrogen-bond acceptors (Lipinski definition) is 7. The SMILES string of the molecule is CCCC(=O)N[C@H]1C(O)O[C@H](COC(=O)CCC2CCCC2)[C@@H](O)[C@@H]1O. The van der Waals surface area contributed by atoms with Crippen LogP contribution in [0.3, 0.4) is 0 Å². The number of carbonyl (C=O) groups excluding carboxylic acids is 2. The van der Waals surface area contributed by atoms with Gasteiger partial charge in [-0.25, -0.2) is 0 Å². The molecule has 150 valence electrons. The Morgan fingerprint density at radius 2 is 1.81 bits per heavy atom. The molecule has 1 unspecified atom stereocenters. The lowest BCUT2D eigenvalue weighted by molar-refractivity contribution is -0.255. The number of aliphatic hydroxyl groups excluding tert-OH is 3. The van der Waals surface area contributed by atoms with Gasteiger partial charge in [0.15, 0.2) is 6.29 Å². The molecule has 8 heteroatoms. The standard InChI is InChI=1S/C18H31NO7/c1-2-5-13(20)19-15-17(23)16(22)12(26-18(15)24)10-25-14(21)9-8-11-6-3-4-7-11/h11-12,15-18,22-24H,2-10H2,1H3,(H,19,20)/t12-,15-,16-,17-,18?/m1/s1. The highest BCUT2D eigenvalue weighted by molar-refractivity contribution is 5.76. The van der Waals surface area contributed by atoms with E-state index >= 15 is 0 Å². The summed E-state index contributed by atoms with van der Waals surface area (Å²) >= 11 is 0. The van der Waals surface area contributed by atoms with Crippen LogP contribution in [0.25, 0.3) is 0 Å². The number of ether oxygens (including phenoxy) is 2. The fourth-order valence-corrected chi connectivity index (χ4v) is 3.59. The van der Waals surface area contributed by atoms with E-state index in [-0.39, 0.29) is 24.9 Å². The Bertz CT molecular complexity index is 466. The highest BCUT2D eigenvalue weighted by Crippen LogP contribution is 2.28. The van der Waals surface area contributed by atoms with Gasteiger partial charge >= 0.3 is 5.97 Å². The highest BCUT2D eigenvalue weighted by Gasteiger charge is 2.44. The molecule has 1 amide bonds. The van der Waals surface area contributed by atoms with Gasteiger partial charge in [-0.2, -0.15) is 0 Å². The average Bonchev–Trinajstić information content (AvgIpc) is 3.12. The zero-order valence-electron chi connectivity index (χ0n) is 15.3. The van der Waals surface area contributed by atoms with Gasteiger partial charge < -0.3 is 30.1 Å². The molecule has 8 nitrogen and oxygen atoms in total. The van der Waals surface area contributed by atoms with Gasteiger partial charge in [-0.05, 0) is 18.8 Å². The summed E-state index contributed by atoms with van der Waals surface area (Å²) < 4.78 is 10.4. The van der Waals surface area contributed by atoms with Crippen molar-refractivity contribution in [2.45, 2.75) is 88.9 Å². The number of aliphatic hydroxyl groups is 3. The average molecular weight is 373 g/mol. The number of amides is 1. The topological polar surface area (TPSA) is 125 Å². The zero-order chi connectivity index (χ0) is 19.1. The van der Waals surface area contributed by atoms with E-state index in [4.69, 9.17) is 9.47 Å². The Balaban J connectivity index is 1.76. The molecule has 0 aromatic rings. The van der Waals surface area contributed by atoms with E-state index in [0.717, 1.165) is 19.3 Å². The maximum atomic E-state index is 11.9. The van der Waals surface area contributed by atoms with Gasteiger partial charge in [0.05, 0.1) is 0 Å². The summed E-state index contributed by atoms with van der Waals surface area (Å²) in [7, 11) is 0. The molecule has 0 radical (unpaired) electrons. The minimum absolute atomic E-state index is 0.244. The summed E-state index contributed by atoms with van der Waals surface area (Å²) in [6.45, 7) is 1.57. The molecule has 1 aliphatic heterocycles. The lowest BCUT2D eigenvalue weighted by Crippen LogP contribution is -2.64. The van der Waals surface area contributed by atoms with Crippen LogP contribution in [0.15, 0.2) is 0 Å². The number of rotatable bonds is 8. The van der Waals surface area contributed by atoms with Crippen molar-refractivity contribution in [1.29, 1.82) is 0 Å². The molecule has 5 atom stereocenters. The first-order valence-corrected chi connectivity index (χ1v) is 9.57. The lowest BCUT2D eigenvalue weighted by atomic mass is 9.97. The second-order valence-electron chi connectivity index (χ2n) is 7.26. The molecule has 2 aliphatic rings. The molecule has 0 bridgehead atoms. The molecule has 0 spiro atoms. The van der Waals surface area contributed by atoms with Crippen LogP contribution >= 0.6 is 0 Å². The van der Waals surface area contributed by atoms with Crippen molar-refractivity contribution in [2.24, 2.45) is 5.92 Å². The van der Waals surface area contributed by atoms with Crippen LogP contribution in [0.4, 0.5) is 0 Å². The Kier molecular flexibility index (Phi) is 8.27. The fraction of sp³-hybridized carbons (Fsp3) is 0.889. The van der Waals surface area contributed by atoms with E-state index in [0.29, 0.717) is 18.8 Å². The van der Waals surface area contributed by atoms with Gasteiger partial charge in [-0.3, -0.25) is 9.59 Å². The van der Waals surface area contributed by atoms with E-state index in [9.17, 15) is 24.9 Å². The maximum absolute atomic E-state index is 11.9. The molecule has 1 saturated carbocycles. The quantitative estimate of drug-likeness (QED) is 0.449.